The van der Waals surface area contributed by atoms with Gasteiger partial charge in [-0.2, -0.15) is 0 Å². The third-order valence-corrected chi connectivity index (χ3v) is 5.18. The standard InChI is InChI=1S/C18H28BrNO/c1-3-14-8-9-18(20-4-2)15(12-14)10-11-21-17-7-5-6-16(19)13-17/h5-7,13-15,18,20H,3-4,8-12H2,1-2H3. The van der Waals surface area contributed by atoms with Crippen LogP contribution < -0.4 is 10.1 Å². The highest BCUT2D eigenvalue weighted by atomic mass is 79.9. The maximum Gasteiger partial charge on any atom is 0.120 e. The van der Waals surface area contributed by atoms with Crippen molar-refractivity contribution in [1.29, 1.82) is 0 Å². The van der Waals surface area contributed by atoms with E-state index in [1.54, 1.807) is 0 Å². The fourth-order valence-electron chi connectivity index (χ4n) is 3.47. The normalized spacial score (nSPS) is 25.8. The number of benzene rings is 1. The molecule has 1 N–H and O–H groups in total. The first-order chi connectivity index (χ1) is 10.2. The smallest absolute Gasteiger partial charge is 0.120 e. The van der Waals surface area contributed by atoms with Crippen molar-refractivity contribution in [3.8, 4) is 5.75 Å². The molecular weight excluding hydrogens is 326 g/mol. The molecule has 0 amide bonds. The maximum atomic E-state index is 5.93. The molecule has 0 heterocycles. The van der Waals surface area contributed by atoms with Gasteiger partial charge in [0, 0.05) is 10.5 Å². The van der Waals surface area contributed by atoms with Gasteiger partial charge in [0.2, 0.25) is 0 Å². The van der Waals surface area contributed by atoms with Crippen LogP contribution in [0.25, 0.3) is 0 Å². The van der Waals surface area contributed by atoms with Gasteiger partial charge in [-0.3, -0.25) is 0 Å². The second kappa shape index (κ2) is 8.79. The summed E-state index contributed by atoms with van der Waals surface area (Å²) in [7, 11) is 0. The van der Waals surface area contributed by atoms with E-state index in [1.165, 1.54) is 25.7 Å². The molecule has 2 nitrogen and oxygen atoms in total. The van der Waals surface area contributed by atoms with E-state index >= 15 is 0 Å². The third-order valence-electron chi connectivity index (χ3n) is 4.69. The van der Waals surface area contributed by atoms with Crippen LogP contribution in [0, 0.1) is 11.8 Å². The van der Waals surface area contributed by atoms with Crippen molar-refractivity contribution in [3.63, 3.8) is 0 Å². The lowest BCUT2D eigenvalue weighted by molar-refractivity contribution is 0.165. The summed E-state index contributed by atoms with van der Waals surface area (Å²) in [5.74, 6) is 2.64. The van der Waals surface area contributed by atoms with Gasteiger partial charge in [0.05, 0.1) is 6.61 Å². The third kappa shape index (κ3) is 5.30. The fourth-order valence-corrected chi connectivity index (χ4v) is 3.85. The van der Waals surface area contributed by atoms with E-state index in [9.17, 15) is 0 Å². The van der Waals surface area contributed by atoms with E-state index < -0.39 is 0 Å². The minimum Gasteiger partial charge on any atom is -0.494 e. The average Bonchev–Trinajstić information content (AvgIpc) is 2.49. The first-order valence-corrected chi connectivity index (χ1v) is 9.14. The molecule has 1 aliphatic rings. The molecule has 1 aromatic rings. The van der Waals surface area contributed by atoms with Crippen LogP contribution in [0.15, 0.2) is 28.7 Å². The van der Waals surface area contributed by atoms with Gasteiger partial charge in [0.1, 0.15) is 5.75 Å². The Morgan fingerprint density at radius 1 is 1.29 bits per heavy atom. The second-order valence-electron chi connectivity index (χ2n) is 6.11. The molecule has 1 aliphatic carbocycles. The van der Waals surface area contributed by atoms with Crippen molar-refractivity contribution in [3.05, 3.63) is 28.7 Å². The van der Waals surface area contributed by atoms with Crippen molar-refractivity contribution in [2.45, 2.75) is 52.0 Å². The lowest BCUT2D eigenvalue weighted by Crippen LogP contribution is -2.41. The van der Waals surface area contributed by atoms with Crippen LogP contribution in [-0.4, -0.2) is 19.2 Å². The van der Waals surface area contributed by atoms with E-state index in [0.717, 1.165) is 41.6 Å². The molecule has 0 aliphatic heterocycles. The molecule has 3 unspecified atom stereocenters. The van der Waals surface area contributed by atoms with Gasteiger partial charge in [-0.05, 0) is 62.3 Å². The number of halogens is 1. The zero-order chi connectivity index (χ0) is 15.1. The van der Waals surface area contributed by atoms with Crippen molar-refractivity contribution in [2.24, 2.45) is 11.8 Å². The Morgan fingerprint density at radius 2 is 2.14 bits per heavy atom. The molecule has 0 bridgehead atoms. The number of ether oxygens (including phenoxy) is 1. The summed E-state index contributed by atoms with van der Waals surface area (Å²) in [5.41, 5.74) is 0. The SMILES string of the molecule is CCNC1CCC(CC)CC1CCOc1cccc(Br)c1. The predicted molar refractivity (Wildman–Crippen MR) is 92.8 cm³/mol. The average molecular weight is 354 g/mol. The summed E-state index contributed by atoms with van der Waals surface area (Å²) in [6.45, 7) is 6.43. The Labute approximate surface area is 137 Å². The lowest BCUT2D eigenvalue weighted by atomic mass is 9.75. The van der Waals surface area contributed by atoms with Crippen molar-refractivity contribution >= 4 is 15.9 Å². The van der Waals surface area contributed by atoms with Crippen LogP contribution in [-0.2, 0) is 0 Å². The number of hydrogen-bond donors (Lipinski definition) is 1. The van der Waals surface area contributed by atoms with Crippen molar-refractivity contribution in [2.75, 3.05) is 13.2 Å². The summed E-state index contributed by atoms with van der Waals surface area (Å²) in [6, 6.07) is 8.80. The zero-order valence-electron chi connectivity index (χ0n) is 13.3. The summed E-state index contributed by atoms with van der Waals surface area (Å²) in [4.78, 5) is 0. The van der Waals surface area contributed by atoms with Crippen molar-refractivity contribution < 1.29 is 4.74 Å². The molecule has 21 heavy (non-hydrogen) atoms. The molecule has 0 aromatic heterocycles. The van der Waals surface area contributed by atoms with Crippen LogP contribution in [0.2, 0.25) is 0 Å². The summed E-state index contributed by atoms with van der Waals surface area (Å²) < 4.78 is 7.01. The van der Waals surface area contributed by atoms with E-state index in [0.29, 0.717) is 6.04 Å². The first kappa shape index (κ1) is 16.8. The summed E-state index contributed by atoms with van der Waals surface area (Å²) in [5, 5.41) is 3.67. The highest BCUT2D eigenvalue weighted by Gasteiger charge is 2.28. The number of rotatable bonds is 7. The van der Waals surface area contributed by atoms with Crippen LogP contribution in [0.3, 0.4) is 0 Å². The van der Waals surface area contributed by atoms with Gasteiger partial charge < -0.3 is 10.1 Å². The first-order valence-electron chi connectivity index (χ1n) is 8.34. The highest BCUT2D eigenvalue weighted by Crippen LogP contribution is 2.33. The van der Waals surface area contributed by atoms with Gasteiger partial charge in [0.25, 0.3) is 0 Å². The van der Waals surface area contributed by atoms with Gasteiger partial charge in [-0.15, -0.1) is 0 Å². The van der Waals surface area contributed by atoms with Gasteiger partial charge >= 0.3 is 0 Å². The molecule has 118 valence electrons. The molecule has 0 radical (unpaired) electrons. The Balaban J connectivity index is 1.83. The maximum absolute atomic E-state index is 5.93. The molecule has 3 atom stereocenters. The van der Waals surface area contributed by atoms with E-state index in [1.807, 2.05) is 24.3 Å². The predicted octanol–water partition coefficient (Wildman–Crippen LogP) is 5.02. The minimum absolute atomic E-state index is 0.684. The summed E-state index contributed by atoms with van der Waals surface area (Å²) in [6.07, 6.45) is 6.55. The van der Waals surface area contributed by atoms with Crippen LogP contribution in [0.1, 0.15) is 46.0 Å². The lowest BCUT2D eigenvalue weighted by Gasteiger charge is -2.36. The summed E-state index contributed by atoms with van der Waals surface area (Å²) >= 11 is 3.49. The molecule has 1 saturated carbocycles. The van der Waals surface area contributed by atoms with E-state index in [2.05, 4.69) is 35.1 Å². The topological polar surface area (TPSA) is 21.3 Å². The minimum atomic E-state index is 0.684. The Kier molecular flexibility index (Phi) is 7.05. The Hall–Kier alpha value is -0.540. The zero-order valence-corrected chi connectivity index (χ0v) is 14.9. The van der Waals surface area contributed by atoms with Gasteiger partial charge in [-0.1, -0.05) is 42.3 Å². The Morgan fingerprint density at radius 3 is 2.86 bits per heavy atom. The van der Waals surface area contributed by atoms with Gasteiger partial charge in [0.15, 0.2) is 0 Å². The molecule has 0 saturated heterocycles. The monoisotopic (exact) mass is 353 g/mol. The molecule has 0 spiro atoms. The number of hydrogen-bond acceptors (Lipinski definition) is 2. The Bertz CT molecular complexity index is 423. The number of nitrogens with one attached hydrogen (secondary N) is 1. The second-order valence-corrected chi connectivity index (χ2v) is 7.02. The largest absolute Gasteiger partial charge is 0.494 e. The van der Waals surface area contributed by atoms with E-state index in [-0.39, 0.29) is 0 Å². The molecular formula is C18H28BrNO. The van der Waals surface area contributed by atoms with Crippen LogP contribution in [0.4, 0.5) is 0 Å². The molecule has 1 aromatic carbocycles. The van der Waals surface area contributed by atoms with Crippen LogP contribution in [0.5, 0.6) is 5.75 Å². The molecule has 2 rings (SSSR count). The quantitative estimate of drug-likeness (QED) is 0.742. The molecule has 1 fully saturated rings. The highest BCUT2D eigenvalue weighted by molar-refractivity contribution is 9.10. The molecule has 3 heteroatoms. The fraction of sp³-hybridized carbons (Fsp3) is 0.667. The van der Waals surface area contributed by atoms with Crippen molar-refractivity contribution in [1.82, 2.24) is 5.32 Å². The van der Waals surface area contributed by atoms with Gasteiger partial charge in [-0.25, -0.2) is 0 Å². The van der Waals surface area contributed by atoms with Crippen LogP contribution >= 0.6 is 15.9 Å². The van der Waals surface area contributed by atoms with E-state index in [4.69, 9.17) is 4.74 Å².